The summed E-state index contributed by atoms with van der Waals surface area (Å²) in [6.45, 7) is 1.71. The number of ether oxygens (including phenoxy) is 1. The molecule has 0 radical (unpaired) electrons. The Balaban J connectivity index is 1.78. The standard InChI is InChI=1S/C14H18ClNO3S/c15-12-3-1-11(2-4-12)14-5-8-16(14)20(17,18)13-6-9-19-10-7-13/h1-4,13-14H,5-10H2/t14-/m0/s1. The Labute approximate surface area is 124 Å². The van der Waals surface area contributed by atoms with Crippen LogP contribution < -0.4 is 0 Å². The lowest BCUT2D eigenvalue weighted by Crippen LogP contribution is -2.50. The van der Waals surface area contributed by atoms with Crippen LogP contribution >= 0.6 is 11.6 Å². The zero-order chi connectivity index (χ0) is 14.2. The quantitative estimate of drug-likeness (QED) is 0.861. The molecule has 1 atom stereocenters. The summed E-state index contributed by atoms with van der Waals surface area (Å²) in [4.78, 5) is 0. The Morgan fingerprint density at radius 2 is 1.75 bits per heavy atom. The highest BCUT2D eigenvalue weighted by molar-refractivity contribution is 7.89. The van der Waals surface area contributed by atoms with Crippen LogP contribution in [0.4, 0.5) is 0 Å². The molecule has 0 spiro atoms. The molecule has 2 heterocycles. The minimum Gasteiger partial charge on any atom is -0.381 e. The molecule has 110 valence electrons. The van der Waals surface area contributed by atoms with E-state index in [9.17, 15) is 8.42 Å². The van der Waals surface area contributed by atoms with E-state index in [0.29, 0.717) is 37.6 Å². The average Bonchev–Trinajstić information content (AvgIpc) is 2.40. The highest BCUT2D eigenvalue weighted by Crippen LogP contribution is 2.38. The molecule has 0 aromatic heterocycles. The molecular weight excluding hydrogens is 298 g/mol. The van der Waals surface area contributed by atoms with Gasteiger partial charge in [0.25, 0.3) is 0 Å². The monoisotopic (exact) mass is 315 g/mol. The minimum atomic E-state index is -3.21. The Morgan fingerprint density at radius 3 is 2.30 bits per heavy atom. The van der Waals surface area contributed by atoms with Crippen LogP contribution in [0.2, 0.25) is 5.02 Å². The molecule has 4 nitrogen and oxygen atoms in total. The highest BCUT2D eigenvalue weighted by atomic mass is 35.5. The molecule has 2 fully saturated rings. The molecule has 3 rings (SSSR count). The first-order chi connectivity index (χ1) is 9.59. The fraction of sp³-hybridized carbons (Fsp3) is 0.571. The summed E-state index contributed by atoms with van der Waals surface area (Å²) in [6, 6.07) is 7.43. The van der Waals surface area contributed by atoms with Gasteiger partial charge >= 0.3 is 0 Å². The molecule has 1 aromatic carbocycles. The second-order valence-electron chi connectivity index (χ2n) is 5.32. The van der Waals surface area contributed by atoms with Gasteiger partial charge in [0.2, 0.25) is 10.0 Å². The first-order valence-electron chi connectivity index (χ1n) is 6.93. The van der Waals surface area contributed by atoms with Gasteiger partial charge in [-0.15, -0.1) is 0 Å². The molecule has 20 heavy (non-hydrogen) atoms. The Kier molecular flexibility index (Phi) is 4.04. The maximum atomic E-state index is 12.7. The predicted molar refractivity (Wildman–Crippen MR) is 78.3 cm³/mol. The van der Waals surface area contributed by atoms with Crippen LogP contribution in [0.5, 0.6) is 0 Å². The van der Waals surface area contributed by atoms with Gasteiger partial charge in [0.05, 0.1) is 11.3 Å². The molecule has 0 bridgehead atoms. The lowest BCUT2D eigenvalue weighted by atomic mass is 9.98. The average molecular weight is 316 g/mol. The smallest absolute Gasteiger partial charge is 0.217 e. The second-order valence-corrected chi connectivity index (χ2v) is 7.93. The van der Waals surface area contributed by atoms with Gasteiger partial charge in [-0.3, -0.25) is 0 Å². The Bertz CT molecular complexity index is 567. The van der Waals surface area contributed by atoms with Gasteiger partial charge in [0.1, 0.15) is 0 Å². The van der Waals surface area contributed by atoms with Crippen molar-refractivity contribution in [3.05, 3.63) is 34.9 Å². The molecule has 2 aliphatic rings. The number of hydrogen-bond donors (Lipinski definition) is 0. The number of nitrogens with zero attached hydrogens (tertiary/aromatic N) is 1. The van der Waals surface area contributed by atoms with Gasteiger partial charge in [0, 0.05) is 24.8 Å². The normalized spacial score (nSPS) is 25.4. The third-order valence-electron chi connectivity index (χ3n) is 4.14. The SMILES string of the molecule is O=S(=O)(C1CCOCC1)N1CC[C@H]1c1ccc(Cl)cc1. The summed E-state index contributed by atoms with van der Waals surface area (Å²) in [6.07, 6.45) is 2.09. The van der Waals surface area contributed by atoms with Gasteiger partial charge in [-0.25, -0.2) is 8.42 Å². The van der Waals surface area contributed by atoms with E-state index < -0.39 is 10.0 Å². The number of halogens is 1. The number of rotatable bonds is 3. The van der Waals surface area contributed by atoms with Gasteiger partial charge in [-0.1, -0.05) is 23.7 Å². The summed E-state index contributed by atoms with van der Waals surface area (Å²) in [5.41, 5.74) is 1.02. The maximum absolute atomic E-state index is 12.7. The molecule has 0 amide bonds. The fourth-order valence-corrected chi connectivity index (χ4v) is 5.09. The van der Waals surface area contributed by atoms with Gasteiger partial charge in [-0.2, -0.15) is 4.31 Å². The zero-order valence-corrected chi connectivity index (χ0v) is 12.7. The van der Waals surface area contributed by atoms with E-state index in [0.717, 1.165) is 12.0 Å². The summed E-state index contributed by atoms with van der Waals surface area (Å²) < 4.78 is 32.2. The van der Waals surface area contributed by atoms with Crippen LogP contribution in [0.25, 0.3) is 0 Å². The predicted octanol–water partition coefficient (Wildman–Crippen LogP) is 2.60. The molecule has 0 unspecified atom stereocenters. The molecular formula is C14H18ClNO3S. The third kappa shape index (κ3) is 2.60. The zero-order valence-electron chi connectivity index (χ0n) is 11.2. The van der Waals surface area contributed by atoms with Gasteiger partial charge in [0.15, 0.2) is 0 Å². The van der Waals surface area contributed by atoms with Crippen molar-refractivity contribution in [1.82, 2.24) is 4.31 Å². The summed E-state index contributed by atoms with van der Waals surface area (Å²) in [5.74, 6) is 0. The minimum absolute atomic E-state index is 0.0277. The van der Waals surface area contributed by atoms with Crippen LogP contribution in [-0.4, -0.2) is 37.7 Å². The van der Waals surface area contributed by atoms with Crippen LogP contribution in [-0.2, 0) is 14.8 Å². The van der Waals surface area contributed by atoms with Crippen molar-refractivity contribution < 1.29 is 13.2 Å². The molecule has 1 aromatic rings. The highest BCUT2D eigenvalue weighted by Gasteiger charge is 2.42. The van der Waals surface area contributed by atoms with Gasteiger partial charge < -0.3 is 4.74 Å². The van der Waals surface area contributed by atoms with Gasteiger partial charge in [-0.05, 0) is 37.0 Å². The van der Waals surface area contributed by atoms with Crippen molar-refractivity contribution in [1.29, 1.82) is 0 Å². The number of hydrogen-bond acceptors (Lipinski definition) is 3. The first-order valence-corrected chi connectivity index (χ1v) is 8.81. The number of sulfonamides is 1. The van der Waals surface area contributed by atoms with E-state index in [1.807, 2.05) is 24.3 Å². The third-order valence-corrected chi connectivity index (χ3v) is 6.80. The van der Waals surface area contributed by atoms with E-state index >= 15 is 0 Å². The first kappa shape index (κ1) is 14.3. The summed E-state index contributed by atoms with van der Waals surface area (Å²) >= 11 is 5.88. The van der Waals surface area contributed by atoms with Crippen LogP contribution in [0, 0.1) is 0 Å². The molecule has 0 saturated carbocycles. The fourth-order valence-electron chi connectivity index (χ4n) is 2.85. The van der Waals surface area contributed by atoms with E-state index in [2.05, 4.69) is 0 Å². The van der Waals surface area contributed by atoms with Crippen molar-refractivity contribution in [3.63, 3.8) is 0 Å². The Morgan fingerprint density at radius 1 is 1.10 bits per heavy atom. The molecule has 2 aliphatic heterocycles. The number of benzene rings is 1. The van der Waals surface area contributed by atoms with Crippen LogP contribution in [0.15, 0.2) is 24.3 Å². The van der Waals surface area contributed by atoms with Crippen molar-refractivity contribution >= 4 is 21.6 Å². The largest absolute Gasteiger partial charge is 0.381 e. The van der Waals surface area contributed by atoms with E-state index in [1.165, 1.54) is 0 Å². The summed E-state index contributed by atoms with van der Waals surface area (Å²) in [5, 5.41) is 0.387. The summed E-state index contributed by atoms with van der Waals surface area (Å²) in [7, 11) is -3.21. The maximum Gasteiger partial charge on any atom is 0.217 e. The van der Waals surface area contributed by atoms with E-state index in [1.54, 1.807) is 4.31 Å². The lowest BCUT2D eigenvalue weighted by Gasteiger charge is -2.42. The molecule has 0 aliphatic carbocycles. The van der Waals surface area contributed by atoms with Crippen molar-refractivity contribution in [2.24, 2.45) is 0 Å². The molecule has 6 heteroatoms. The van der Waals surface area contributed by atoms with Crippen LogP contribution in [0.3, 0.4) is 0 Å². The second kappa shape index (κ2) is 5.64. The molecule has 2 saturated heterocycles. The van der Waals surface area contributed by atoms with E-state index in [4.69, 9.17) is 16.3 Å². The van der Waals surface area contributed by atoms with Crippen molar-refractivity contribution in [2.45, 2.75) is 30.6 Å². The van der Waals surface area contributed by atoms with Crippen molar-refractivity contribution in [2.75, 3.05) is 19.8 Å². The van der Waals surface area contributed by atoms with Crippen LogP contribution in [0.1, 0.15) is 30.9 Å². The topological polar surface area (TPSA) is 46.6 Å². The van der Waals surface area contributed by atoms with E-state index in [-0.39, 0.29) is 11.3 Å². The lowest BCUT2D eigenvalue weighted by molar-refractivity contribution is 0.0948. The molecule has 0 N–H and O–H groups in total. The Hall–Kier alpha value is -0.620. The van der Waals surface area contributed by atoms with Crippen molar-refractivity contribution in [3.8, 4) is 0 Å².